The first-order valence-electron chi connectivity index (χ1n) is 18.5. The molecule has 0 aliphatic carbocycles. The lowest BCUT2D eigenvalue weighted by Gasteiger charge is -2.30. The van der Waals surface area contributed by atoms with Crippen LogP contribution >= 0.6 is 0 Å². The van der Waals surface area contributed by atoms with Crippen molar-refractivity contribution in [1.82, 2.24) is 36.2 Å². The zero-order valence-electron chi connectivity index (χ0n) is 34.2. The van der Waals surface area contributed by atoms with Crippen LogP contribution in [-0.4, -0.2) is 107 Å². The van der Waals surface area contributed by atoms with Crippen molar-refractivity contribution in [2.24, 2.45) is 23.7 Å². The van der Waals surface area contributed by atoms with Gasteiger partial charge in [-0.15, -0.1) is 0 Å². The maximum absolute atomic E-state index is 13.5. The van der Waals surface area contributed by atoms with E-state index in [1.54, 1.807) is 32.4 Å². The molecule has 5 atom stereocenters. The Kier molecular flexibility index (Phi) is 20.0. The van der Waals surface area contributed by atoms with Gasteiger partial charge in [-0.1, -0.05) is 48.5 Å². The van der Waals surface area contributed by atoms with Gasteiger partial charge in [0, 0.05) is 31.7 Å². The third-order valence-corrected chi connectivity index (χ3v) is 8.05. The van der Waals surface area contributed by atoms with Crippen molar-refractivity contribution in [3.63, 3.8) is 0 Å². The summed E-state index contributed by atoms with van der Waals surface area (Å²) in [6.45, 7) is 22.0. The molecule has 0 saturated heterocycles. The molecule has 0 aromatic carbocycles. The van der Waals surface area contributed by atoms with E-state index in [4.69, 9.17) is 14.2 Å². The van der Waals surface area contributed by atoms with Crippen molar-refractivity contribution < 1.29 is 43.3 Å². The van der Waals surface area contributed by atoms with Crippen molar-refractivity contribution >= 4 is 29.7 Å². The number of nitrogens with zero attached hydrogens (tertiary/aromatic N) is 3. The largest absolute Gasteiger partial charge is 0.442 e. The molecular weight excluding hydrogens is 686 g/mol. The zero-order valence-corrected chi connectivity index (χ0v) is 34.2. The summed E-state index contributed by atoms with van der Waals surface area (Å²) in [5.41, 5.74) is 3.20. The fourth-order valence-corrected chi connectivity index (χ4v) is 5.28. The van der Waals surface area contributed by atoms with E-state index in [0.29, 0.717) is 13.0 Å². The highest BCUT2D eigenvalue weighted by Crippen LogP contribution is 2.17. The number of hydrazine groups is 1. The minimum Gasteiger partial charge on any atom is -0.442 e. The molecule has 16 nitrogen and oxygen atoms in total. The average Bonchev–Trinajstić information content (AvgIpc) is 3.36. The third kappa shape index (κ3) is 18.2. The Bertz CT molecular complexity index is 1330. The lowest BCUT2D eigenvalue weighted by Crippen LogP contribution is -2.54. The molecule has 1 heterocycles. The van der Waals surface area contributed by atoms with Crippen LogP contribution in [0.5, 0.6) is 0 Å². The second-order valence-electron chi connectivity index (χ2n) is 15.9. The van der Waals surface area contributed by atoms with Crippen LogP contribution in [-0.2, 0) is 39.9 Å². The van der Waals surface area contributed by atoms with Crippen molar-refractivity contribution in [2.75, 3.05) is 27.0 Å². The smallest absolute Gasteiger partial charge is 0.429 e. The van der Waals surface area contributed by atoms with Crippen LogP contribution in [0.25, 0.3) is 0 Å². The summed E-state index contributed by atoms with van der Waals surface area (Å²) in [6, 6.07) is 0.402. The van der Waals surface area contributed by atoms with E-state index in [-0.39, 0.29) is 62.3 Å². The number of hydrogen-bond acceptors (Lipinski definition) is 10. The monoisotopic (exact) mass is 754 g/mol. The van der Waals surface area contributed by atoms with Gasteiger partial charge in [0.1, 0.15) is 18.4 Å². The lowest BCUT2D eigenvalue weighted by molar-refractivity contribution is -0.148. The summed E-state index contributed by atoms with van der Waals surface area (Å²) in [5.74, 6) is -2.32. The molecule has 0 aliphatic heterocycles. The molecular formula is C37H67N7O9. The van der Waals surface area contributed by atoms with E-state index in [0.717, 1.165) is 16.4 Å². The summed E-state index contributed by atoms with van der Waals surface area (Å²) >= 11 is 0. The Labute approximate surface area is 315 Å². The van der Waals surface area contributed by atoms with Crippen LogP contribution in [0, 0.1) is 37.5 Å². The first kappa shape index (κ1) is 47.3. The van der Waals surface area contributed by atoms with Crippen LogP contribution in [0.3, 0.4) is 0 Å². The number of amides is 5. The van der Waals surface area contributed by atoms with Crippen molar-refractivity contribution in [3.05, 3.63) is 17.5 Å². The molecule has 1 aromatic heterocycles. The minimum atomic E-state index is -1.11. The van der Waals surface area contributed by atoms with Gasteiger partial charge in [-0.2, -0.15) is 5.10 Å². The molecule has 5 N–H and O–H groups in total. The first-order valence-corrected chi connectivity index (χ1v) is 18.5. The van der Waals surface area contributed by atoms with Gasteiger partial charge in [0.05, 0.1) is 30.9 Å². The van der Waals surface area contributed by atoms with E-state index >= 15 is 0 Å². The van der Waals surface area contributed by atoms with E-state index in [1.165, 1.54) is 7.11 Å². The molecule has 304 valence electrons. The Morgan fingerprint density at radius 1 is 0.925 bits per heavy atom. The topological polar surface area (TPSA) is 202 Å². The predicted octanol–water partition coefficient (Wildman–Crippen LogP) is 2.98. The van der Waals surface area contributed by atoms with Crippen LogP contribution in [0.1, 0.15) is 99.9 Å². The molecule has 0 saturated carbocycles. The van der Waals surface area contributed by atoms with Crippen LogP contribution in [0.15, 0.2) is 6.07 Å². The number of aromatic nitrogens is 2. The van der Waals surface area contributed by atoms with E-state index in [2.05, 4.69) is 26.5 Å². The van der Waals surface area contributed by atoms with Crippen molar-refractivity contribution in [3.8, 4) is 0 Å². The second kappa shape index (κ2) is 22.5. The molecule has 16 heteroatoms. The van der Waals surface area contributed by atoms with Gasteiger partial charge in [-0.05, 0) is 71.3 Å². The van der Waals surface area contributed by atoms with Crippen LogP contribution < -0.4 is 21.4 Å². The summed E-state index contributed by atoms with van der Waals surface area (Å²) in [6.07, 6.45) is -2.90. The minimum absolute atomic E-state index is 0.0279. The average molecular weight is 754 g/mol. The molecule has 0 bridgehead atoms. The SMILES string of the molecule is COCOC(Cn1nc(C)cc1C)C(=O)NN(CCC(=O)NC(CC(C)C)C(O)CC(C)C(=O)NC(C(=O)NCC(C)C)C(C)C)C(=O)OC(C)(C)C. The number of aliphatic hydroxyl groups is 1. The van der Waals surface area contributed by atoms with Gasteiger partial charge in [0.25, 0.3) is 5.91 Å². The van der Waals surface area contributed by atoms with Gasteiger partial charge < -0.3 is 35.3 Å². The molecule has 1 aromatic rings. The van der Waals surface area contributed by atoms with Gasteiger partial charge in [-0.3, -0.25) is 29.3 Å². The van der Waals surface area contributed by atoms with Crippen LogP contribution in [0.4, 0.5) is 4.79 Å². The van der Waals surface area contributed by atoms with Crippen LogP contribution in [0.2, 0.25) is 0 Å². The van der Waals surface area contributed by atoms with Gasteiger partial charge >= 0.3 is 6.09 Å². The third-order valence-electron chi connectivity index (χ3n) is 8.05. The Morgan fingerprint density at radius 2 is 1.57 bits per heavy atom. The maximum Gasteiger partial charge on any atom is 0.429 e. The molecule has 0 radical (unpaired) electrons. The summed E-state index contributed by atoms with van der Waals surface area (Å²) in [7, 11) is 1.42. The number of ether oxygens (including phenoxy) is 3. The van der Waals surface area contributed by atoms with Gasteiger partial charge in [-0.25, -0.2) is 9.80 Å². The summed E-state index contributed by atoms with van der Waals surface area (Å²) in [4.78, 5) is 66.0. The van der Waals surface area contributed by atoms with Gasteiger partial charge in [0.15, 0.2) is 6.10 Å². The van der Waals surface area contributed by atoms with E-state index in [9.17, 15) is 29.1 Å². The normalized spacial score (nSPS) is 14.7. The predicted molar refractivity (Wildman–Crippen MR) is 200 cm³/mol. The summed E-state index contributed by atoms with van der Waals surface area (Å²) in [5, 5.41) is 25.1. The first-order chi connectivity index (χ1) is 24.5. The lowest BCUT2D eigenvalue weighted by atomic mass is 9.92. The van der Waals surface area contributed by atoms with Gasteiger partial charge in [0.2, 0.25) is 17.7 Å². The van der Waals surface area contributed by atoms with Crippen molar-refractivity contribution in [2.45, 2.75) is 139 Å². The summed E-state index contributed by atoms with van der Waals surface area (Å²) < 4.78 is 17.8. The standard InChI is InChI=1S/C37H67N7O9/c1-22(2)16-28(29(45)17-25(7)33(47)40-32(24(5)6)35(49)38-19-23(3)4)39-31(46)14-15-43(36(50)53-37(10,11)12)42-34(48)30(52-21-51-13)20-44-27(9)18-26(8)41-44/h18,22-25,28-30,32,45H,14-17,19-21H2,1-13H3,(H,38,49)(H,39,46)(H,40,47)(H,42,48). The van der Waals surface area contributed by atoms with E-state index < -0.39 is 53.7 Å². The molecule has 1 rings (SSSR count). The van der Waals surface area contributed by atoms with E-state index in [1.807, 2.05) is 61.5 Å². The highest BCUT2D eigenvalue weighted by Gasteiger charge is 2.32. The highest BCUT2D eigenvalue weighted by atomic mass is 16.7. The number of carbonyl (C=O) groups excluding carboxylic acids is 5. The Hall–Kier alpha value is -3.76. The molecule has 0 spiro atoms. The fourth-order valence-electron chi connectivity index (χ4n) is 5.28. The molecule has 0 fully saturated rings. The number of hydrogen-bond donors (Lipinski definition) is 5. The number of aliphatic hydroxyl groups excluding tert-OH is 1. The number of aryl methyl sites for hydroxylation is 2. The van der Waals surface area contributed by atoms with Crippen molar-refractivity contribution in [1.29, 1.82) is 0 Å². The Balaban J connectivity index is 3.06. The number of nitrogens with one attached hydrogen (secondary N) is 4. The molecule has 5 amide bonds. The number of methoxy groups -OCH3 is 1. The zero-order chi connectivity index (χ0) is 40.6. The molecule has 0 aliphatic rings. The maximum atomic E-state index is 13.5. The number of carbonyl (C=O) groups is 5. The number of rotatable bonds is 21. The fraction of sp³-hybridized carbons (Fsp3) is 0.784. The quantitative estimate of drug-likeness (QED) is 0.0918. The Morgan fingerprint density at radius 3 is 2.08 bits per heavy atom. The highest BCUT2D eigenvalue weighted by molar-refractivity contribution is 5.88. The second-order valence-corrected chi connectivity index (χ2v) is 15.9. The molecule has 5 unspecified atom stereocenters. The molecule has 53 heavy (non-hydrogen) atoms.